The average molecular weight is 214 g/mol. The first-order valence-electron chi connectivity index (χ1n) is 5.12. The number of hydrogen-bond acceptors (Lipinski definition) is 4. The minimum absolute atomic E-state index is 0.516. The first-order valence-corrected chi connectivity index (χ1v) is 5.12. The fourth-order valence-electron chi connectivity index (χ4n) is 1.43. The van der Waals surface area contributed by atoms with Gasteiger partial charge in [0.05, 0.1) is 12.2 Å². The number of aryl methyl sites for hydroxylation is 1. The molecule has 0 saturated carbocycles. The Morgan fingerprint density at radius 3 is 2.88 bits per heavy atom. The standard InChI is InChI=1S/C12H14N4/c1-9-4-3-7-14-10(9)8-15-12-6-2-5-11(13)16-12/h2-7H,8H2,1H3,(H3,13,15,16). The first kappa shape index (κ1) is 10.4. The van der Waals surface area contributed by atoms with Crippen molar-refractivity contribution in [1.29, 1.82) is 0 Å². The van der Waals surface area contributed by atoms with Crippen LogP contribution in [0.4, 0.5) is 11.6 Å². The maximum atomic E-state index is 5.59. The van der Waals surface area contributed by atoms with Crippen molar-refractivity contribution in [2.24, 2.45) is 0 Å². The van der Waals surface area contributed by atoms with Crippen LogP contribution in [0.5, 0.6) is 0 Å². The predicted molar refractivity (Wildman–Crippen MR) is 65.0 cm³/mol. The highest BCUT2D eigenvalue weighted by atomic mass is 15.0. The predicted octanol–water partition coefficient (Wildman–Crippen LogP) is 1.98. The van der Waals surface area contributed by atoms with Gasteiger partial charge in [0.15, 0.2) is 0 Å². The maximum absolute atomic E-state index is 5.59. The number of nitrogen functional groups attached to an aromatic ring is 1. The van der Waals surface area contributed by atoms with Crippen molar-refractivity contribution in [3.8, 4) is 0 Å². The van der Waals surface area contributed by atoms with E-state index in [1.807, 2.05) is 31.2 Å². The van der Waals surface area contributed by atoms with Crippen LogP contribution in [0.1, 0.15) is 11.3 Å². The lowest BCUT2D eigenvalue weighted by Crippen LogP contribution is -2.05. The minimum Gasteiger partial charge on any atom is -0.384 e. The number of hydrogen-bond donors (Lipinski definition) is 2. The van der Waals surface area contributed by atoms with Gasteiger partial charge in [0, 0.05) is 6.20 Å². The quantitative estimate of drug-likeness (QED) is 0.820. The van der Waals surface area contributed by atoms with Gasteiger partial charge in [-0.2, -0.15) is 0 Å². The SMILES string of the molecule is Cc1cccnc1CNc1cccc(N)n1. The summed E-state index contributed by atoms with van der Waals surface area (Å²) in [6.07, 6.45) is 1.79. The van der Waals surface area contributed by atoms with E-state index in [0.717, 1.165) is 11.5 Å². The topological polar surface area (TPSA) is 63.8 Å². The van der Waals surface area contributed by atoms with Crippen LogP contribution in [0.25, 0.3) is 0 Å². The Labute approximate surface area is 94.5 Å². The molecule has 0 atom stereocenters. The van der Waals surface area contributed by atoms with Crippen molar-refractivity contribution in [3.63, 3.8) is 0 Å². The van der Waals surface area contributed by atoms with E-state index in [-0.39, 0.29) is 0 Å². The Hall–Kier alpha value is -2.10. The third kappa shape index (κ3) is 2.48. The molecule has 0 aliphatic carbocycles. The number of anilines is 2. The lowest BCUT2D eigenvalue weighted by Gasteiger charge is -2.07. The molecule has 0 radical (unpaired) electrons. The van der Waals surface area contributed by atoms with Crippen LogP contribution in [-0.2, 0) is 6.54 Å². The van der Waals surface area contributed by atoms with E-state index < -0.39 is 0 Å². The van der Waals surface area contributed by atoms with E-state index >= 15 is 0 Å². The van der Waals surface area contributed by atoms with Crippen molar-refractivity contribution < 1.29 is 0 Å². The molecule has 2 rings (SSSR count). The Kier molecular flexibility index (Phi) is 3.00. The Morgan fingerprint density at radius 2 is 2.12 bits per heavy atom. The Bertz CT molecular complexity index is 482. The normalized spacial score (nSPS) is 10.1. The van der Waals surface area contributed by atoms with E-state index in [1.165, 1.54) is 5.56 Å². The summed E-state index contributed by atoms with van der Waals surface area (Å²) >= 11 is 0. The van der Waals surface area contributed by atoms with Crippen molar-refractivity contribution in [2.75, 3.05) is 11.1 Å². The van der Waals surface area contributed by atoms with Gasteiger partial charge in [-0.05, 0) is 30.7 Å². The largest absolute Gasteiger partial charge is 0.384 e. The molecule has 3 N–H and O–H groups in total. The zero-order valence-corrected chi connectivity index (χ0v) is 9.14. The summed E-state index contributed by atoms with van der Waals surface area (Å²) in [6.45, 7) is 2.69. The molecule has 0 unspecified atom stereocenters. The van der Waals surface area contributed by atoms with Crippen LogP contribution in [0.15, 0.2) is 36.5 Å². The molecular formula is C12H14N4. The third-order valence-electron chi connectivity index (χ3n) is 2.33. The van der Waals surface area contributed by atoms with Crippen molar-refractivity contribution in [1.82, 2.24) is 9.97 Å². The van der Waals surface area contributed by atoms with Crippen molar-refractivity contribution >= 4 is 11.6 Å². The van der Waals surface area contributed by atoms with Gasteiger partial charge in [0.25, 0.3) is 0 Å². The van der Waals surface area contributed by atoms with Gasteiger partial charge in [-0.25, -0.2) is 4.98 Å². The van der Waals surface area contributed by atoms with Gasteiger partial charge >= 0.3 is 0 Å². The van der Waals surface area contributed by atoms with E-state index in [1.54, 1.807) is 12.3 Å². The zero-order valence-electron chi connectivity index (χ0n) is 9.14. The van der Waals surface area contributed by atoms with E-state index in [4.69, 9.17) is 5.73 Å². The number of rotatable bonds is 3. The van der Waals surface area contributed by atoms with Crippen LogP contribution in [0, 0.1) is 6.92 Å². The second kappa shape index (κ2) is 4.61. The molecule has 2 aromatic rings. The highest BCUT2D eigenvalue weighted by molar-refractivity contribution is 5.42. The van der Waals surface area contributed by atoms with E-state index in [9.17, 15) is 0 Å². The summed E-state index contributed by atoms with van der Waals surface area (Å²) in [7, 11) is 0. The second-order valence-electron chi connectivity index (χ2n) is 3.57. The second-order valence-corrected chi connectivity index (χ2v) is 3.57. The minimum atomic E-state index is 0.516. The van der Waals surface area contributed by atoms with Gasteiger partial charge in [-0.3, -0.25) is 4.98 Å². The van der Waals surface area contributed by atoms with Crippen LogP contribution >= 0.6 is 0 Å². The molecule has 0 bridgehead atoms. The van der Waals surface area contributed by atoms with Gasteiger partial charge in [0.2, 0.25) is 0 Å². The van der Waals surface area contributed by atoms with Gasteiger partial charge < -0.3 is 11.1 Å². The maximum Gasteiger partial charge on any atom is 0.128 e. The average Bonchev–Trinajstić information content (AvgIpc) is 2.28. The first-order chi connectivity index (χ1) is 7.75. The summed E-state index contributed by atoms with van der Waals surface area (Å²) < 4.78 is 0. The molecule has 0 aliphatic heterocycles. The highest BCUT2D eigenvalue weighted by Gasteiger charge is 1.99. The molecule has 0 aliphatic rings. The van der Waals surface area contributed by atoms with Gasteiger partial charge in [-0.15, -0.1) is 0 Å². The zero-order chi connectivity index (χ0) is 11.4. The summed E-state index contributed by atoms with van der Waals surface area (Å²) in [6, 6.07) is 9.48. The molecule has 0 spiro atoms. The van der Waals surface area contributed by atoms with E-state index in [2.05, 4.69) is 15.3 Å². The van der Waals surface area contributed by atoms with Gasteiger partial charge in [0.1, 0.15) is 11.6 Å². The number of aromatic nitrogens is 2. The molecule has 4 nitrogen and oxygen atoms in total. The van der Waals surface area contributed by atoms with Crippen LogP contribution in [-0.4, -0.2) is 9.97 Å². The van der Waals surface area contributed by atoms with Gasteiger partial charge in [-0.1, -0.05) is 12.1 Å². The molecule has 4 heteroatoms. The molecule has 0 aromatic carbocycles. The smallest absolute Gasteiger partial charge is 0.128 e. The van der Waals surface area contributed by atoms with Crippen LogP contribution in [0.3, 0.4) is 0 Å². The monoisotopic (exact) mass is 214 g/mol. The molecule has 0 fully saturated rings. The molecule has 16 heavy (non-hydrogen) atoms. The molecule has 0 amide bonds. The van der Waals surface area contributed by atoms with Crippen molar-refractivity contribution in [3.05, 3.63) is 47.8 Å². The Balaban J connectivity index is 2.05. The highest BCUT2D eigenvalue weighted by Crippen LogP contribution is 2.09. The molecular weight excluding hydrogens is 200 g/mol. The summed E-state index contributed by atoms with van der Waals surface area (Å²) in [4.78, 5) is 8.45. The molecule has 82 valence electrons. The Morgan fingerprint density at radius 1 is 1.25 bits per heavy atom. The van der Waals surface area contributed by atoms with E-state index in [0.29, 0.717) is 12.4 Å². The molecule has 2 aromatic heterocycles. The van der Waals surface area contributed by atoms with Crippen LogP contribution in [0.2, 0.25) is 0 Å². The number of pyridine rings is 2. The lowest BCUT2D eigenvalue weighted by atomic mass is 10.2. The van der Waals surface area contributed by atoms with Crippen LogP contribution < -0.4 is 11.1 Å². The number of nitrogens with two attached hydrogens (primary N) is 1. The fraction of sp³-hybridized carbons (Fsp3) is 0.167. The third-order valence-corrected chi connectivity index (χ3v) is 2.33. The fourth-order valence-corrected chi connectivity index (χ4v) is 1.43. The van der Waals surface area contributed by atoms with Crippen molar-refractivity contribution in [2.45, 2.75) is 13.5 Å². The number of nitrogens with one attached hydrogen (secondary N) is 1. The summed E-state index contributed by atoms with van der Waals surface area (Å²) in [5.41, 5.74) is 7.78. The number of nitrogens with zero attached hydrogens (tertiary/aromatic N) is 2. The molecule has 0 saturated heterocycles. The summed E-state index contributed by atoms with van der Waals surface area (Å²) in [5.74, 6) is 1.28. The lowest BCUT2D eigenvalue weighted by molar-refractivity contribution is 1.01. The molecule has 2 heterocycles. The summed E-state index contributed by atoms with van der Waals surface area (Å²) in [5, 5.41) is 3.19.